The summed E-state index contributed by atoms with van der Waals surface area (Å²) in [6.45, 7) is 5.04. The highest BCUT2D eigenvalue weighted by Gasteiger charge is 2.19. The third-order valence-electron chi connectivity index (χ3n) is 5.51. The number of hydrogen-bond donors (Lipinski definition) is 1. The summed E-state index contributed by atoms with van der Waals surface area (Å²) in [5.74, 6) is 1.60. The summed E-state index contributed by atoms with van der Waals surface area (Å²) in [4.78, 5) is 19.9. The van der Waals surface area contributed by atoms with E-state index in [1.165, 1.54) is 12.8 Å². The van der Waals surface area contributed by atoms with Crippen molar-refractivity contribution in [2.75, 3.05) is 18.4 Å². The Balaban J connectivity index is 1.62. The molecule has 1 N–H and O–H groups in total. The normalized spacial score (nSPS) is 20.5. The van der Waals surface area contributed by atoms with E-state index in [1.807, 2.05) is 22.8 Å². The maximum Gasteiger partial charge on any atom is 0.261 e. The summed E-state index contributed by atoms with van der Waals surface area (Å²) in [6, 6.07) is 5.82. The van der Waals surface area contributed by atoms with Crippen molar-refractivity contribution in [2.45, 2.75) is 52.0 Å². The second-order valence-corrected chi connectivity index (χ2v) is 8.04. The summed E-state index contributed by atoms with van der Waals surface area (Å²) in [7, 11) is 0. The molecule has 0 unspecified atom stereocenters. The van der Waals surface area contributed by atoms with Crippen LogP contribution in [-0.2, 0) is 13.0 Å². The number of thiocarbonyl (C=S) groups is 1. The van der Waals surface area contributed by atoms with Gasteiger partial charge < -0.3 is 10.2 Å². The molecule has 1 atom stereocenters. The van der Waals surface area contributed by atoms with Gasteiger partial charge in [0.25, 0.3) is 5.56 Å². The van der Waals surface area contributed by atoms with Gasteiger partial charge >= 0.3 is 0 Å². The molecule has 1 aromatic heterocycles. The van der Waals surface area contributed by atoms with Crippen LogP contribution >= 0.6 is 12.2 Å². The molecule has 5 nitrogen and oxygen atoms in total. The Hall–Kier alpha value is -1.95. The first-order chi connectivity index (χ1) is 12.6. The zero-order valence-corrected chi connectivity index (χ0v) is 16.1. The predicted octanol–water partition coefficient (Wildman–Crippen LogP) is 3.55. The highest BCUT2D eigenvalue weighted by Crippen LogP contribution is 2.20. The number of piperidine rings is 1. The topological polar surface area (TPSA) is 50.2 Å². The monoisotopic (exact) mass is 370 g/mol. The van der Waals surface area contributed by atoms with E-state index in [0.29, 0.717) is 11.3 Å². The molecule has 0 aliphatic carbocycles. The first kappa shape index (κ1) is 17.5. The molecule has 0 amide bonds. The molecule has 0 bridgehead atoms. The molecule has 4 rings (SSSR count). The quantitative estimate of drug-likeness (QED) is 0.778. The van der Waals surface area contributed by atoms with Crippen LogP contribution in [0.2, 0.25) is 0 Å². The fourth-order valence-electron chi connectivity index (χ4n) is 4.07. The number of fused-ring (bicyclic) bond motifs is 2. The zero-order valence-electron chi connectivity index (χ0n) is 15.3. The zero-order chi connectivity index (χ0) is 18.1. The first-order valence-corrected chi connectivity index (χ1v) is 10.1. The van der Waals surface area contributed by atoms with Crippen LogP contribution in [-0.4, -0.2) is 32.7 Å². The minimum atomic E-state index is 0.0769. The fourth-order valence-corrected chi connectivity index (χ4v) is 4.36. The van der Waals surface area contributed by atoms with E-state index in [9.17, 15) is 4.79 Å². The second-order valence-electron chi connectivity index (χ2n) is 7.65. The van der Waals surface area contributed by atoms with Gasteiger partial charge in [0, 0.05) is 31.7 Å². The van der Waals surface area contributed by atoms with Gasteiger partial charge in [0.15, 0.2) is 5.11 Å². The molecule has 1 saturated heterocycles. The van der Waals surface area contributed by atoms with Gasteiger partial charge in [-0.3, -0.25) is 9.36 Å². The Morgan fingerprint density at radius 1 is 1.23 bits per heavy atom. The Bertz CT molecular complexity index is 891. The van der Waals surface area contributed by atoms with Crippen LogP contribution in [0.1, 0.15) is 44.9 Å². The van der Waals surface area contributed by atoms with Crippen molar-refractivity contribution in [3.8, 4) is 0 Å². The Morgan fingerprint density at radius 3 is 2.96 bits per heavy atom. The molecule has 138 valence electrons. The van der Waals surface area contributed by atoms with Crippen LogP contribution in [0, 0.1) is 5.92 Å². The van der Waals surface area contributed by atoms with Crippen LogP contribution in [0.15, 0.2) is 23.0 Å². The second kappa shape index (κ2) is 7.35. The summed E-state index contributed by atoms with van der Waals surface area (Å²) >= 11 is 5.60. The molecule has 0 radical (unpaired) electrons. The van der Waals surface area contributed by atoms with E-state index >= 15 is 0 Å². The summed E-state index contributed by atoms with van der Waals surface area (Å²) in [5, 5.41) is 4.75. The molecule has 2 aliphatic rings. The lowest BCUT2D eigenvalue weighted by Crippen LogP contribution is -2.41. The van der Waals surface area contributed by atoms with Gasteiger partial charge in [-0.2, -0.15) is 0 Å². The van der Waals surface area contributed by atoms with Crippen molar-refractivity contribution in [2.24, 2.45) is 5.92 Å². The Kier molecular flexibility index (Phi) is 4.94. The lowest BCUT2D eigenvalue weighted by molar-refractivity contribution is 0.276. The standard InChI is InChI=1S/C20H26N4OS/c1-14-6-5-10-23(13-14)20(26)21-15-8-9-17-16(12-15)19(25)24-11-4-2-3-7-18(24)22-17/h8-9,12,14H,2-7,10-11,13H2,1H3,(H,21,26)/t14-/m1/s1. The largest absolute Gasteiger partial charge is 0.349 e. The molecule has 2 aromatic rings. The lowest BCUT2D eigenvalue weighted by Gasteiger charge is -2.33. The van der Waals surface area contributed by atoms with E-state index in [1.54, 1.807) is 0 Å². The summed E-state index contributed by atoms with van der Waals surface area (Å²) < 4.78 is 1.86. The third-order valence-corrected chi connectivity index (χ3v) is 5.87. The minimum Gasteiger partial charge on any atom is -0.349 e. The number of aromatic nitrogens is 2. The average molecular weight is 371 g/mol. The predicted molar refractivity (Wildman–Crippen MR) is 110 cm³/mol. The molecule has 6 heteroatoms. The molecule has 0 spiro atoms. The maximum atomic E-state index is 13.0. The van der Waals surface area contributed by atoms with Gasteiger partial charge in [-0.05, 0) is 62.0 Å². The minimum absolute atomic E-state index is 0.0769. The fraction of sp³-hybridized carbons (Fsp3) is 0.550. The van der Waals surface area contributed by atoms with Crippen LogP contribution < -0.4 is 10.9 Å². The first-order valence-electron chi connectivity index (χ1n) is 9.71. The maximum absolute atomic E-state index is 13.0. The molecule has 26 heavy (non-hydrogen) atoms. The van der Waals surface area contributed by atoms with Crippen LogP contribution in [0.25, 0.3) is 10.9 Å². The molecular weight excluding hydrogens is 344 g/mol. The van der Waals surface area contributed by atoms with Crippen molar-refractivity contribution in [1.82, 2.24) is 14.5 Å². The SMILES string of the molecule is C[C@@H]1CCCN(C(=S)Nc2ccc3nc4n(c(=O)c3c2)CCCCC4)C1. The van der Waals surface area contributed by atoms with Crippen LogP contribution in [0.3, 0.4) is 0 Å². The molecular formula is C20H26N4OS. The number of aryl methyl sites for hydroxylation is 1. The van der Waals surface area contributed by atoms with E-state index in [2.05, 4.69) is 17.1 Å². The number of benzene rings is 1. The van der Waals surface area contributed by atoms with E-state index in [4.69, 9.17) is 17.2 Å². The van der Waals surface area contributed by atoms with Crippen LogP contribution in [0.5, 0.6) is 0 Å². The van der Waals surface area contributed by atoms with E-state index < -0.39 is 0 Å². The molecule has 1 aromatic carbocycles. The molecule has 2 aliphatic heterocycles. The lowest BCUT2D eigenvalue weighted by atomic mass is 10.0. The summed E-state index contributed by atoms with van der Waals surface area (Å²) in [6.07, 6.45) is 6.66. The Labute approximate surface area is 159 Å². The van der Waals surface area contributed by atoms with Crippen molar-refractivity contribution in [3.63, 3.8) is 0 Å². The summed E-state index contributed by atoms with van der Waals surface area (Å²) in [5.41, 5.74) is 1.73. The van der Waals surface area contributed by atoms with Crippen LogP contribution in [0.4, 0.5) is 5.69 Å². The van der Waals surface area contributed by atoms with E-state index in [0.717, 1.165) is 67.5 Å². The van der Waals surface area contributed by atoms with Crippen molar-refractivity contribution in [3.05, 3.63) is 34.4 Å². The van der Waals surface area contributed by atoms with Gasteiger partial charge in [-0.15, -0.1) is 0 Å². The molecule has 0 saturated carbocycles. The Morgan fingerprint density at radius 2 is 2.12 bits per heavy atom. The van der Waals surface area contributed by atoms with E-state index in [-0.39, 0.29) is 5.56 Å². The van der Waals surface area contributed by atoms with Gasteiger partial charge in [0.1, 0.15) is 5.82 Å². The molecule has 1 fully saturated rings. The third kappa shape index (κ3) is 3.47. The number of likely N-dealkylation sites (tertiary alicyclic amines) is 1. The number of nitrogens with zero attached hydrogens (tertiary/aromatic N) is 3. The average Bonchev–Trinajstić information content (AvgIpc) is 2.88. The van der Waals surface area contributed by atoms with Gasteiger partial charge in [-0.1, -0.05) is 13.3 Å². The van der Waals surface area contributed by atoms with Crippen molar-refractivity contribution < 1.29 is 0 Å². The number of hydrogen-bond acceptors (Lipinski definition) is 3. The highest BCUT2D eigenvalue weighted by atomic mass is 32.1. The van der Waals surface area contributed by atoms with Gasteiger partial charge in [0.05, 0.1) is 10.9 Å². The van der Waals surface area contributed by atoms with Gasteiger partial charge in [0.2, 0.25) is 0 Å². The van der Waals surface area contributed by atoms with Crippen molar-refractivity contribution in [1.29, 1.82) is 0 Å². The van der Waals surface area contributed by atoms with Gasteiger partial charge in [-0.25, -0.2) is 4.98 Å². The number of nitrogens with one attached hydrogen (secondary N) is 1. The molecule has 3 heterocycles. The number of rotatable bonds is 1. The smallest absolute Gasteiger partial charge is 0.261 e. The highest BCUT2D eigenvalue weighted by molar-refractivity contribution is 7.80. The van der Waals surface area contributed by atoms with Crippen molar-refractivity contribution >= 4 is 33.9 Å². The number of anilines is 1.